The number of nitrogens with zero attached hydrogens (tertiary/aromatic N) is 1. The molecule has 0 aliphatic carbocycles. The van der Waals surface area contributed by atoms with E-state index in [1.165, 1.54) is 87.6 Å². The van der Waals surface area contributed by atoms with Crippen LogP contribution in [0.3, 0.4) is 0 Å². The van der Waals surface area contributed by atoms with Crippen molar-refractivity contribution in [2.24, 2.45) is 0 Å². The lowest BCUT2D eigenvalue weighted by Gasteiger charge is -2.26. The Labute approximate surface area is 344 Å². The van der Waals surface area contributed by atoms with Gasteiger partial charge in [0.1, 0.15) is 0 Å². The van der Waals surface area contributed by atoms with Crippen molar-refractivity contribution >= 4 is 60.2 Å². The Morgan fingerprint density at radius 1 is 0.237 bits per heavy atom. The molecule has 0 aliphatic rings. The maximum absolute atomic E-state index is 2.45. The number of hydrogen-bond donors (Lipinski definition) is 0. The highest BCUT2D eigenvalue weighted by molar-refractivity contribution is 6.33. The Morgan fingerprint density at radius 3 is 1.46 bits per heavy atom. The van der Waals surface area contributed by atoms with E-state index in [0.29, 0.717) is 0 Å². The number of fused-ring (bicyclic) bond motifs is 7. The Balaban J connectivity index is 1.20. The SMILES string of the molecule is c1ccc(-c2ccc3c(c2)c2ccccc2c2c(-c4ccc(N(c5ccccc5)c5ccc6ccccc6c5)cc4)cc(-c4ccccc4)c(-c4ccccc4)c32)cc1. The number of benzene rings is 11. The summed E-state index contributed by atoms with van der Waals surface area (Å²) in [7, 11) is 0. The van der Waals surface area contributed by atoms with Gasteiger partial charge in [-0.15, -0.1) is 0 Å². The van der Waals surface area contributed by atoms with Crippen LogP contribution in [-0.4, -0.2) is 0 Å². The van der Waals surface area contributed by atoms with Gasteiger partial charge in [0.2, 0.25) is 0 Å². The maximum Gasteiger partial charge on any atom is 0.0468 e. The van der Waals surface area contributed by atoms with Gasteiger partial charge < -0.3 is 4.90 Å². The molecule has 11 rings (SSSR count). The van der Waals surface area contributed by atoms with E-state index in [4.69, 9.17) is 0 Å². The summed E-state index contributed by atoms with van der Waals surface area (Å²) in [6.07, 6.45) is 0. The van der Waals surface area contributed by atoms with Gasteiger partial charge in [0.05, 0.1) is 0 Å². The molecule has 0 fully saturated rings. The molecule has 0 unspecified atom stereocenters. The Morgan fingerprint density at radius 2 is 0.746 bits per heavy atom. The summed E-state index contributed by atoms with van der Waals surface area (Å²) in [5, 5.41) is 9.99. The molecular weight excluding hydrogens is 711 g/mol. The summed E-state index contributed by atoms with van der Waals surface area (Å²) in [5.41, 5.74) is 13.0. The summed E-state index contributed by atoms with van der Waals surface area (Å²) in [4.78, 5) is 2.36. The zero-order chi connectivity index (χ0) is 39.1. The first-order chi connectivity index (χ1) is 29.3. The second-order valence-corrected chi connectivity index (χ2v) is 15.2. The summed E-state index contributed by atoms with van der Waals surface area (Å²) < 4.78 is 0. The highest BCUT2D eigenvalue weighted by Crippen LogP contribution is 2.50. The van der Waals surface area contributed by atoms with Gasteiger partial charge in [-0.05, 0) is 136 Å². The molecule has 11 aromatic carbocycles. The summed E-state index contributed by atoms with van der Waals surface area (Å²) >= 11 is 0. The third kappa shape index (κ3) is 6.12. The summed E-state index contributed by atoms with van der Waals surface area (Å²) in [6.45, 7) is 0. The van der Waals surface area contributed by atoms with Crippen molar-refractivity contribution in [3.63, 3.8) is 0 Å². The molecular formula is C58H39N. The molecule has 0 radical (unpaired) electrons. The second-order valence-electron chi connectivity index (χ2n) is 15.2. The second kappa shape index (κ2) is 14.6. The van der Waals surface area contributed by atoms with Gasteiger partial charge in [0, 0.05) is 17.1 Å². The fourth-order valence-corrected chi connectivity index (χ4v) is 9.07. The van der Waals surface area contributed by atoms with E-state index >= 15 is 0 Å². The lowest BCUT2D eigenvalue weighted by atomic mass is 9.81. The van der Waals surface area contributed by atoms with Crippen molar-refractivity contribution < 1.29 is 0 Å². The van der Waals surface area contributed by atoms with Crippen LogP contribution in [0.5, 0.6) is 0 Å². The van der Waals surface area contributed by atoms with Gasteiger partial charge in [-0.2, -0.15) is 0 Å². The fourth-order valence-electron chi connectivity index (χ4n) is 9.07. The largest absolute Gasteiger partial charge is 0.310 e. The van der Waals surface area contributed by atoms with E-state index in [-0.39, 0.29) is 0 Å². The highest BCUT2D eigenvalue weighted by atomic mass is 15.1. The normalized spacial score (nSPS) is 11.4. The Kier molecular flexibility index (Phi) is 8.56. The Hall–Kier alpha value is -7.74. The van der Waals surface area contributed by atoms with Crippen molar-refractivity contribution in [3.05, 3.63) is 237 Å². The molecule has 0 aliphatic heterocycles. The molecule has 11 aromatic rings. The van der Waals surface area contributed by atoms with E-state index < -0.39 is 0 Å². The standard InChI is InChI=1S/C58H39N/c1-5-17-40(18-6-1)46-32-36-52-55(38-46)50-27-15-16-28-51(50)57-54(39-53(42-20-7-2-8-21-42)56(58(52)57)44-22-9-3-10-23-44)43-30-33-48(34-31-43)59(47-25-11-4-12-26-47)49-35-29-41-19-13-14-24-45(41)37-49/h1-39H. The van der Waals surface area contributed by atoms with Crippen molar-refractivity contribution in [2.75, 3.05) is 4.90 Å². The third-order valence-corrected chi connectivity index (χ3v) is 11.8. The number of para-hydroxylation sites is 1. The van der Waals surface area contributed by atoms with E-state index in [1.807, 2.05) is 0 Å². The van der Waals surface area contributed by atoms with Crippen LogP contribution in [0.15, 0.2) is 237 Å². The van der Waals surface area contributed by atoms with Crippen molar-refractivity contribution in [2.45, 2.75) is 0 Å². The number of anilines is 3. The molecule has 0 amide bonds. The van der Waals surface area contributed by atoms with Gasteiger partial charge in [0.25, 0.3) is 0 Å². The average molecular weight is 750 g/mol. The number of rotatable bonds is 7. The molecule has 0 saturated heterocycles. The van der Waals surface area contributed by atoms with Crippen LogP contribution in [0.4, 0.5) is 17.1 Å². The summed E-state index contributed by atoms with van der Waals surface area (Å²) in [5.74, 6) is 0. The van der Waals surface area contributed by atoms with E-state index in [2.05, 4.69) is 241 Å². The van der Waals surface area contributed by atoms with E-state index in [1.54, 1.807) is 0 Å². The average Bonchev–Trinajstić information content (AvgIpc) is 3.32. The van der Waals surface area contributed by atoms with Crippen LogP contribution in [0.1, 0.15) is 0 Å². The fraction of sp³-hybridized carbons (Fsp3) is 0. The molecule has 0 heterocycles. The smallest absolute Gasteiger partial charge is 0.0468 e. The van der Waals surface area contributed by atoms with Crippen LogP contribution < -0.4 is 4.90 Å². The topological polar surface area (TPSA) is 3.24 Å². The lowest BCUT2D eigenvalue weighted by molar-refractivity contribution is 1.29. The van der Waals surface area contributed by atoms with Crippen molar-refractivity contribution in [1.82, 2.24) is 0 Å². The van der Waals surface area contributed by atoms with Gasteiger partial charge in [0.15, 0.2) is 0 Å². The maximum atomic E-state index is 2.45. The van der Waals surface area contributed by atoms with E-state index in [9.17, 15) is 0 Å². The zero-order valence-corrected chi connectivity index (χ0v) is 32.5. The minimum absolute atomic E-state index is 1.10. The predicted molar refractivity (Wildman–Crippen MR) is 253 cm³/mol. The quantitative estimate of drug-likeness (QED) is 0.147. The first-order valence-electron chi connectivity index (χ1n) is 20.3. The third-order valence-electron chi connectivity index (χ3n) is 11.8. The van der Waals surface area contributed by atoms with Gasteiger partial charge in [-0.25, -0.2) is 0 Å². The van der Waals surface area contributed by atoms with Crippen LogP contribution in [0.25, 0.3) is 87.6 Å². The first kappa shape index (κ1) is 34.5. The predicted octanol–water partition coefficient (Wildman–Crippen LogP) is 16.4. The van der Waals surface area contributed by atoms with Crippen LogP contribution in [0.2, 0.25) is 0 Å². The van der Waals surface area contributed by atoms with Gasteiger partial charge in [-0.1, -0.05) is 188 Å². The molecule has 0 saturated carbocycles. The molecule has 0 N–H and O–H groups in total. The minimum atomic E-state index is 1.10. The van der Waals surface area contributed by atoms with Crippen molar-refractivity contribution in [1.29, 1.82) is 0 Å². The van der Waals surface area contributed by atoms with Gasteiger partial charge in [-0.3, -0.25) is 0 Å². The molecule has 0 spiro atoms. The molecule has 0 aromatic heterocycles. The molecule has 0 atom stereocenters. The van der Waals surface area contributed by atoms with Crippen molar-refractivity contribution in [3.8, 4) is 44.5 Å². The molecule has 276 valence electrons. The molecule has 1 heteroatoms. The number of hydrogen-bond acceptors (Lipinski definition) is 1. The molecule has 0 bridgehead atoms. The molecule has 1 nitrogen and oxygen atoms in total. The van der Waals surface area contributed by atoms with E-state index in [0.717, 1.165) is 17.1 Å². The molecule has 59 heavy (non-hydrogen) atoms. The first-order valence-corrected chi connectivity index (χ1v) is 20.3. The van der Waals surface area contributed by atoms with Crippen LogP contribution in [-0.2, 0) is 0 Å². The highest BCUT2D eigenvalue weighted by Gasteiger charge is 2.22. The Bertz CT molecular complexity index is 3280. The van der Waals surface area contributed by atoms with Crippen LogP contribution in [0, 0.1) is 0 Å². The lowest BCUT2D eigenvalue weighted by Crippen LogP contribution is -2.09. The van der Waals surface area contributed by atoms with Gasteiger partial charge >= 0.3 is 0 Å². The summed E-state index contributed by atoms with van der Waals surface area (Å²) in [6, 6.07) is 86.3. The minimum Gasteiger partial charge on any atom is -0.310 e. The zero-order valence-electron chi connectivity index (χ0n) is 32.5. The monoisotopic (exact) mass is 749 g/mol. The van der Waals surface area contributed by atoms with Crippen LogP contribution >= 0.6 is 0 Å².